The van der Waals surface area contributed by atoms with Crippen LogP contribution in [0.25, 0.3) is 0 Å². The maximum absolute atomic E-state index is 10.7. The number of rotatable bonds is 8. The minimum Gasteiger partial charge on any atom is -0.385 e. The van der Waals surface area contributed by atoms with Crippen molar-refractivity contribution in [3.8, 4) is 0 Å². The van der Waals surface area contributed by atoms with Crippen LogP contribution in [-0.2, 0) is 9.53 Å². The van der Waals surface area contributed by atoms with Gasteiger partial charge in [-0.1, -0.05) is 13.8 Å². The Balaban J connectivity index is 3.97. The lowest BCUT2D eigenvalue weighted by Crippen LogP contribution is -2.42. The van der Waals surface area contributed by atoms with E-state index in [2.05, 4.69) is 19.2 Å². The van der Waals surface area contributed by atoms with Crippen LogP contribution in [0.1, 0.15) is 33.6 Å². The third-order valence-corrected chi connectivity index (χ3v) is 2.44. The molecule has 90 valence electrons. The summed E-state index contributed by atoms with van der Waals surface area (Å²) in [5.41, 5.74) is 5.14. The van der Waals surface area contributed by atoms with Crippen LogP contribution in [0.3, 0.4) is 0 Å². The SMILES string of the molecule is COCCC(NC(C)CC(N)=O)C(C)C. The van der Waals surface area contributed by atoms with Crippen LogP contribution in [0.5, 0.6) is 0 Å². The Morgan fingerprint density at radius 3 is 2.40 bits per heavy atom. The van der Waals surface area contributed by atoms with Gasteiger partial charge in [-0.2, -0.15) is 0 Å². The molecule has 2 atom stereocenters. The molecule has 15 heavy (non-hydrogen) atoms. The monoisotopic (exact) mass is 216 g/mol. The molecular weight excluding hydrogens is 192 g/mol. The molecule has 3 N–H and O–H groups in total. The molecule has 0 fully saturated rings. The lowest BCUT2D eigenvalue weighted by molar-refractivity contribution is -0.118. The number of ether oxygens (including phenoxy) is 1. The lowest BCUT2D eigenvalue weighted by atomic mass is 10.00. The Labute approximate surface area is 92.6 Å². The Bertz CT molecular complexity index is 183. The molecule has 1 amide bonds. The smallest absolute Gasteiger partial charge is 0.218 e. The summed E-state index contributed by atoms with van der Waals surface area (Å²) >= 11 is 0. The highest BCUT2D eigenvalue weighted by Gasteiger charge is 2.16. The second-order valence-electron chi connectivity index (χ2n) is 4.37. The van der Waals surface area contributed by atoms with E-state index in [1.54, 1.807) is 7.11 Å². The molecule has 0 saturated carbocycles. The molecule has 0 spiro atoms. The molecule has 0 radical (unpaired) electrons. The first-order chi connectivity index (χ1) is 6.97. The fourth-order valence-corrected chi connectivity index (χ4v) is 1.58. The topological polar surface area (TPSA) is 64.3 Å². The average Bonchev–Trinajstić information content (AvgIpc) is 2.10. The number of carbonyl (C=O) groups excluding carboxylic acids is 1. The summed E-state index contributed by atoms with van der Waals surface area (Å²) in [4.78, 5) is 10.7. The van der Waals surface area contributed by atoms with Gasteiger partial charge in [0.25, 0.3) is 0 Å². The van der Waals surface area contributed by atoms with E-state index in [4.69, 9.17) is 10.5 Å². The summed E-state index contributed by atoms with van der Waals surface area (Å²) in [6.07, 6.45) is 1.34. The molecule has 0 aromatic carbocycles. The largest absolute Gasteiger partial charge is 0.385 e. The highest BCUT2D eigenvalue weighted by molar-refractivity contribution is 5.74. The summed E-state index contributed by atoms with van der Waals surface area (Å²) in [7, 11) is 1.70. The van der Waals surface area contributed by atoms with Crippen LogP contribution in [0.4, 0.5) is 0 Å². The number of nitrogens with one attached hydrogen (secondary N) is 1. The Hall–Kier alpha value is -0.610. The molecule has 0 aromatic heterocycles. The molecule has 4 heteroatoms. The summed E-state index contributed by atoms with van der Waals surface area (Å²) in [6.45, 7) is 7.03. The Morgan fingerprint density at radius 2 is 2.00 bits per heavy atom. The average molecular weight is 216 g/mol. The molecule has 0 bridgehead atoms. The molecule has 0 rings (SSSR count). The summed E-state index contributed by atoms with van der Waals surface area (Å²) in [6, 6.07) is 0.506. The quantitative estimate of drug-likeness (QED) is 0.633. The number of primary amides is 1. The van der Waals surface area contributed by atoms with E-state index in [0.717, 1.165) is 13.0 Å². The Kier molecular flexibility index (Phi) is 7.34. The van der Waals surface area contributed by atoms with Crippen LogP contribution in [-0.4, -0.2) is 31.7 Å². The minimum absolute atomic E-state index is 0.131. The first kappa shape index (κ1) is 14.4. The summed E-state index contributed by atoms with van der Waals surface area (Å²) in [5, 5.41) is 3.40. The van der Waals surface area contributed by atoms with E-state index in [-0.39, 0.29) is 11.9 Å². The molecule has 0 aliphatic carbocycles. The molecule has 0 aliphatic rings. The first-order valence-electron chi connectivity index (χ1n) is 5.50. The van der Waals surface area contributed by atoms with Crippen molar-refractivity contribution in [3.63, 3.8) is 0 Å². The van der Waals surface area contributed by atoms with Crippen molar-refractivity contribution in [2.75, 3.05) is 13.7 Å². The van der Waals surface area contributed by atoms with Gasteiger partial charge in [0.1, 0.15) is 0 Å². The molecule has 2 unspecified atom stereocenters. The zero-order valence-electron chi connectivity index (χ0n) is 10.2. The van der Waals surface area contributed by atoms with Crippen molar-refractivity contribution in [1.29, 1.82) is 0 Å². The van der Waals surface area contributed by atoms with Gasteiger partial charge in [-0.05, 0) is 19.3 Å². The van der Waals surface area contributed by atoms with Crippen LogP contribution in [0.2, 0.25) is 0 Å². The maximum Gasteiger partial charge on any atom is 0.218 e. The Morgan fingerprint density at radius 1 is 1.40 bits per heavy atom. The normalized spacial score (nSPS) is 15.3. The third kappa shape index (κ3) is 7.33. The van der Waals surface area contributed by atoms with Crippen LogP contribution in [0, 0.1) is 5.92 Å². The zero-order valence-corrected chi connectivity index (χ0v) is 10.2. The van der Waals surface area contributed by atoms with Crippen molar-refractivity contribution in [2.24, 2.45) is 11.7 Å². The van der Waals surface area contributed by atoms with Crippen LogP contribution < -0.4 is 11.1 Å². The second-order valence-corrected chi connectivity index (χ2v) is 4.37. The predicted octanol–water partition coefficient (Wildman–Crippen LogP) is 0.901. The van der Waals surface area contributed by atoms with Gasteiger partial charge in [-0.15, -0.1) is 0 Å². The van der Waals surface area contributed by atoms with E-state index >= 15 is 0 Å². The molecule has 0 aliphatic heterocycles. The fourth-order valence-electron chi connectivity index (χ4n) is 1.58. The standard InChI is InChI=1S/C11H24N2O2/c1-8(2)10(5-6-15-4)13-9(3)7-11(12)14/h8-10,13H,5-7H2,1-4H3,(H2,12,14). The van der Waals surface area contributed by atoms with Gasteiger partial charge in [0, 0.05) is 32.2 Å². The number of hydrogen-bond donors (Lipinski definition) is 2. The number of amides is 1. The van der Waals surface area contributed by atoms with Crippen molar-refractivity contribution in [3.05, 3.63) is 0 Å². The van der Waals surface area contributed by atoms with E-state index in [0.29, 0.717) is 18.4 Å². The van der Waals surface area contributed by atoms with Crippen molar-refractivity contribution in [2.45, 2.75) is 45.7 Å². The van der Waals surface area contributed by atoms with E-state index in [9.17, 15) is 4.79 Å². The van der Waals surface area contributed by atoms with E-state index in [1.165, 1.54) is 0 Å². The maximum atomic E-state index is 10.7. The van der Waals surface area contributed by atoms with Gasteiger partial charge < -0.3 is 15.8 Å². The van der Waals surface area contributed by atoms with E-state index in [1.807, 2.05) is 6.92 Å². The van der Waals surface area contributed by atoms with E-state index < -0.39 is 0 Å². The van der Waals surface area contributed by atoms with Crippen LogP contribution >= 0.6 is 0 Å². The third-order valence-electron chi connectivity index (χ3n) is 2.44. The highest BCUT2D eigenvalue weighted by atomic mass is 16.5. The van der Waals surface area contributed by atoms with Crippen molar-refractivity contribution < 1.29 is 9.53 Å². The molecule has 4 nitrogen and oxygen atoms in total. The number of nitrogens with two attached hydrogens (primary N) is 1. The van der Waals surface area contributed by atoms with Crippen molar-refractivity contribution in [1.82, 2.24) is 5.32 Å². The number of hydrogen-bond acceptors (Lipinski definition) is 3. The van der Waals surface area contributed by atoms with Gasteiger partial charge in [0.15, 0.2) is 0 Å². The van der Waals surface area contributed by atoms with Gasteiger partial charge in [0.2, 0.25) is 5.91 Å². The highest BCUT2D eigenvalue weighted by Crippen LogP contribution is 2.08. The van der Waals surface area contributed by atoms with Crippen molar-refractivity contribution >= 4 is 5.91 Å². The molecular formula is C11H24N2O2. The number of carbonyl (C=O) groups is 1. The van der Waals surface area contributed by atoms with Gasteiger partial charge in [-0.3, -0.25) is 4.79 Å². The lowest BCUT2D eigenvalue weighted by Gasteiger charge is -2.25. The van der Waals surface area contributed by atoms with Gasteiger partial charge >= 0.3 is 0 Å². The fraction of sp³-hybridized carbons (Fsp3) is 0.909. The molecule has 0 aromatic rings. The van der Waals surface area contributed by atoms with Crippen LogP contribution in [0.15, 0.2) is 0 Å². The predicted molar refractivity (Wildman–Crippen MR) is 61.5 cm³/mol. The molecule has 0 saturated heterocycles. The summed E-state index contributed by atoms with van der Waals surface area (Å²) in [5.74, 6) is 0.264. The van der Waals surface area contributed by atoms with Gasteiger partial charge in [-0.25, -0.2) is 0 Å². The zero-order chi connectivity index (χ0) is 11.8. The summed E-state index contributed by atoms with van der Waals surface area (Å²) < 4.78 is 5.05. The minimum atomic E-state index is -0.260. The van der Waals surface area contributed by atoms with Gasteiger partial charge in [0.05, 0.1) is 0 Å². The second kappa shape index (κ2) is 7.65. The molecule has 0 heterocycles. The number of methoxy groups -OCH3 is 1. The first-order valence-corrected chi connectivity index (χ1v) is 5.50.